The summed E-state index contributed by atoms with van der Waals surface area (Å²) < 4.78 is 0. The third kappa shape index (κ3) is 8.77. The summed E-state index contributed by atoms with van der Waals surface area (Å²) in [6.45, 7) is 3.24. The monoisotopic (exact) mass is 408 g/mol. The zero-order valence-corrected chi connectivity index (χ0v) is 16.9. The third-order valence-electron chi connectivity index (χ3n) is 3.49. The van der Waals surface area contributed by atoms with Gasteiger partial charge >= 0.3 is 5.97 Å². The Labute approximate surface area is 163 Å². The Bertz CT molecular complexity index is 504. The molecule has 0 heterocycles. The predicted octanol–water partition coefficient (Wildman–Crippen LogP) is -1.18. The average Bonchev–Trinajstić information content (AvgIpc) is 2.59. The van der Waals surface area contributed by atoms with E-state index in [9.17, 15) is 19.2 Å². The quantitative estimate of drug-likeness (QED) is 0.223. The van der Waals surface area contributed by atoms with Gasteiger partial charge in [0.25, 0.3) is 0 Å². The van der Waals surface area contributed by atoms with Crippen molar-refractivity contribution in [3.05, 3.63) is 0 Å². The van der Waals surface area contributed by atoms with Crippen molar-refractivity contribution >= 4 is 48.1 Å². The van der Waals surface area contributed by atoms with Crippen LogP contribution >= 0.6 is 24.4 Å². The second-order valence-corrected chi connectivity index (χ2v) is 7.27. The Morgan fingerprint density at radius 3 is 2.08 bits per heavy atom. The van der Waals surface area contributed by atoms with Crippen LogP contribution in [-0.4, -0.2) is 71.2 Å². The smallest absolute Gasteiger partial charge is 0.327 e. The maximum absolute atomic E-state index is 12.5. The standard InChI is InChI=1S/C15H28N4O5S2/c1-8(2)12(19-11(20)6-16)14(22)17-9(4-5-26-3)13(21)18-10(7-25)15(23)24/h8-10,12,25H,4-7,16H2,1-3H3,(H,17,22)(H,18,21)(H,19,20)(H,23,24). The van der Waals surface area contributed by atoms with Crippen molar-refractivity contribution in [3.8, 4) is 0 Å². The zero-order chi connectivity index (χ0) is 20.3. The van der Waals surface area contributed by atoms with Gasteiger partial charge in [-0.05, 0) is 24.3 Å². The molecule has 0 saturated carbocycles. The number of aliphatic carboxylic acids is 1. The van der Waals surface area contributed by atoms with Crippen LogP contribution in [0.5, 0.6) is 0 Å². The van der Waals surface area contributed by atoms with Crippen molar-refractivity contribution in [2.45, 2.75) is 38.4 Å². The van der Waals surface area contributed by atoms with Gasteiger partial charge in [0.2, 0.25) is 17.7 Å². The molecule has 150 valence electrons. The SMILES string of the molecule is CSCCC(NC(=O)C(NC(=O)CN)C(C)C)C(=O)NC(CS)C(=O)O. The molecule has 26 heavy (non-hydrogen) atoms. The second kappa shape index (κ2) is 12.8. The first kappa shape index (κ1) is 24.5. The number of carboxylic acids is 1. The predicted molar refractivity (Wildman–Crippen MR) is 104 cm³/mol. The topological polar surface area (TPSA) is 151 Å². The summed E-state index contributed by atoms with van der Waals surface area (Å²) in [6.07, 6.45) is 2.16. The van der Waals surface area contributed by atoms with E-state index in [0.29, 0.717) is 12.2 Å². The lowest BCUT2D eigenvalue weighted by Crippen LogP contribution is -2.57. The maximum atomic E-state index is 12.5. The van der Waals surface area contributed by atoms with Gasteiger partial charge in [-0.25, -0.2) is 4.79 Å². The number of carboxylic acid groups (broad SMARTS) is 1. The normalized spacial score (nSPS) is 14.2. The molecule has 0 bridgehead atoms. The number of thiol groups is 1. The number of nitrogens with one attached hydrogen (secondary N) is 3. The molecule has 3 unspecified atom stereocenters. The van der Waals surface area contributed by atoms with Crippen molar-refractivity contribution in [1.82, 2.24) is 16.0 Å². The molecular weight excluding hydrogens is 380 g/mol. The molecule has 0 aromatic rings. The molecule has 0 aromatic heterocycles. The fraction of sp³-hybridized carbons (Fsp3) is 0.733. The number of nitrogens with two attached hydrogens (primary N) is 1. The highest BCUT2D eigenvalue weighted by atomic mass is 32.2. The largest absolute Gasteiger partial charge is 0.480 e. The maximum Gasteiger partial charge on any atom is 0.327 e. The van der Waals surface area contributed by atoms with Crippen LogP contribution in [0.1, 0.15) is 20.3 Å². The van der Waals surface area contributed by atoms with Gasteiger partial charge in [0.1, 0.15) is 18.1 Å². The average molecular weight is 409 g/mol. The van der Waals surface area contributed by atoms with Crippen LogP contribution < -0.4 is 21.7 Å². The first-order chi connectivity index (χ1) is 12.2. The summed E-state index contributed by atoms with van der Waals surface area (Å²) in [4.78, 5) is 47.5. The van der Waals surface area contributed by atoms with E-state index < -0.39 is 41.8 Å². The molecule has 0 fully saturated rings. The van der Waals surface area contributed by atoms with Crippen molar-refractivity contribution in [2.24, 2.45) is 11.7 Å². The van der Waals surface area contributed by atoms with E-state index in [1.54, 1.807) is 13.8 Å². The van der Waals surface area contributed by atoms with Crippen molar-refractivity contribution in [1.29, 1.82) is 0 Å². The fourth-order valence-electron chi connectivity index (χ4n) is 1.99. The van der Waals surface area contributed by atoms with E-state index in [0.717, 1.165) is 0 Å². The van der Waals surface area contributed by atoms with E-state index in [1.807, 2.05) is 6.26 Å². The molecule has 0 aliphatic rings. The number of carbonyl (C=O) groups excluding carboxylic acids is 3. The van der Waals surface area contributed by atoms with Gasteiger partial charge in [0.15, 0.2) is 0 Å². The van der Waals surface area contributed by atoms with E-state index in [-0.39, 0.29) is 18.2 Å². The summed E-state index contributed by atoms with van der Waals surface area (Å²) in [5.74, 6) is -2.55. The molecule has 0 saturated heterocycles. The molecular formula is C15H28N4O5S2. The summed E-state index contributed by atoms with van der Waals surface area (Å²) in [7, 11) is 0. The number of amides is 3. The molecule has 0 aliphatic carbocycles. The molecule has 6 N–H and O–H groups in total. The fourth-order valence-corrected chi connectivity index (χ4v) is 2.71. The molecule has 9 nitrogen and oxygen atoms in total. The highest BCUT2D eigenvalue weighted by Crippen LogP contribution is 2.06. The molecule has 3 atom stereocenters. The lowest BCUT2D eigenvalue weighted by atomic mass is 10.0. The van der Waals surface area contributed by atoms with Gasteiger partial charge in [-0.15, -0.1) is 0 Å². The first-order valence-electron chi connectivity index (χ1n) is 8.10. The van der Waals surface area contributed by atoms with Crippen molar-refractivity contribution in [3.63, 3.8) is 0 Å². The Hall–Kier alpha value is -1.46. The van der Waals surface area contributed by atoms with E-state index in [2.05, 4.69) is 28.6 Å². The van der Waals surface area contributed by atoms with Crippen LogP contribution in [0.15, 0.2) is 0 Å². The van der Waals surface area contributed by atoms with Gasteiger partial charge in [0, 0.05) is 5.75 Å². The van der Waals surface area contributed by atoms with E-state index >= 15 is 0 Å². The number of hydrogen-bond donors (Lipinski definition) is 6. The van der Waals surface area contributed by atoms with E-state index in [4.69, 9.17) is 10.8 Å². The Kier molecular flexibility index (Phi) is 12.1. The molecule has 11 heteroatoms. The van der Waals surface area contributed by atoms with Crippen LogP contribution in [0, 0.1) is 5.92 Å². The Morgan fingerprint density at radius 2 is 1.65 bits per heavy atom. The minimum Gasteiger partial charge on any atom is -0.480 e. The lowest BCUT2D eigenvalue weighted by Gasteiger charge is -2.25. The van der Waals surface area contributed by atoms with Gasteiger partial charge in [0.05, 0.1) is 6.54 Å². The molecule has 0 spiro atoms. The van der Waals surface area contributed by atoms with Gasteiger partial charge in [-0.1, -0.05) is 13.8 Å². The van der Waals surface area contributed by atoms with Crippen LogP contribution in [0.2, 0.25) is 0 Å². The van der Waals surface area contributed by atoms with Gasteiger partial charge in [-0.3, -0.25) is 14.4 Å². The van der Waals surface area contributed by atoms with Crippen LogP contribution in [0.4, 0.5) is 0 Å². The summed E-state index contributed by atoms with van der Waals surface area (Å²) >= 11 is 5.39. The minimum absolute atomic E-state index is 0.0779. The Morgan fingerprint density at radius 1 is 1.08 bits per heavy atom. The van der Waals surface area contributed by atoms with Crippen molar-refractivity contribution < 1.29 is 24.3 Å². The molecule has 3 amide bonds. The number of thioether (sulfide) groups is 1. The highest BCUT2D eigenvalue weighted by molar-refractivity contribution is 7.98. The van der Waals surface area contributed by atoms with Crippen LogP contribution in [0.3, 0.4) is 0 Å². The molecule has 0 aliphatic heterocycles. The number of hydrogen-bond acceptors (Lipinski definition) is 7. The summed E-state index contributed by atoms with van der Waals surface area (Å²) in [5.41, 5.74) is 5.26. The first-order valence-corrected chi connectivity index (χ1v) is 10.1. The number of rotatable bonds is 12. The number of carbonyl (C=O) groups is 4. The Balaban J connectivity index is 5.15. The molecule has 0 radical (unpaired) electrons. The van der Waals surface area contributed by atoms with Gasteiger partial charge in [-0.2, -0.15) is 24.4 Å². The van der Waals surface area contributed by atoms with Crippen LogP contribution in [-0.2, 0) is 19.2 Å². The molecule has 0 rings (SSSR count). The highest BCUT2D eigenvalue weighted by Gasteiger charge is 2.30. The summed E-state index contributed by atoms with van der Waals surface area (Å²) in [5, 5.41) is 16.5. The zero-order valence-electron chi connectivity index (χ0n) is 15.2. The second-order valence-electron chi connectivity index (χ2n) is 5.92. The van der Waals surface area contributed by atoms with E-state index in [1.165, 1.54) is 11.8 Å². The van der Waals surface area contributed by atoms with Gasteiger partial charge < -0.3 is 26.8 Å². The molecule has 0 aromatic carbocycles. The lowest BCUT2D eigenvalue weighted by molar-refractivity contribution is -0.141. The third-order valence-corrected chi connectivity index (χ3v) is 4.50. The van der Waals surface area contributed by atoms with Crippen LogP contribution in [0.25, 0.3) is 0 Å². The van der Waals surface area contributed by atoms with Crippen molar-refractivity contribution in [2.75, 3.05) is 24.3 Å². The summed E-state index contributed by atoms with van der Waals surface area (Å²) in [6, 6.07) is -2.93. The minimum atomic E-state index is -1.21.